The lowest BCUT2D eigenvalue weighted by Gasteiger charge is -2.25. The maximum Gasteiger partial charge on any atom is 0.433 e. The second kappa shape index (κ2) is 9.90. The van der Waals surface area contributed by atoms with Gasteiger partial charge < -0.3 is 0 Å². The number of aromatic nitrogens is 2. The molecule has 2 amide bonds. The molecule has 0 radical (unpaired) electrons. The molecule has 1 heterocycles. The number of anilines is 2. The third kappa shape index (κ3) is 6.92. The van der Waals surface area contributed by atoms with Gasteiger partial charge >= 0.3 is 22.4 Å². The molecule has 0 fully saturated rings. The van der Waals surface area contributed by atoms with Crippen LogP contribution in [0.15, 0.2) is 66.7 Å². The monoisotopic (exact) mass is 507 g/mol. The van der Waals surface area contributed by atoms with E-state index in [0.717, 1.165) is 10.4 Å². The first kappa shape index (κ1) is 25.9. The Morgan fingerprint density at radius 3 is 2.00 bits per heavy atom. The molecule has 0 spiro atoms. The predicted octanol–water partition coefficient (Wildman–Crippen LogP) is 4.87. The zero-order valence-corrected chi connectivity index (χ0v) is 20.0. The first-order valence-corrected chi connectivity index (χ1v) is 11.9. The summed E-state index contributed by atoms with van der Waals surface area (Å²) in [6.07, 6.45) is -4.79. The van der Waals surface area contributed by atoms with Gasteiger partial charge in [-0.05, 0) is 23.8 Å². The summed E-state index contributed by atoms with van der Waals surface area (Å²) < 4.78 is 69.0. The average Bonchev–Trinajstić information content (AvgIpc) is 2.77. The van der Waals surface area contributed by atoms with Crippen molar-refractivity contribution >= 4 is 27.9 Å². The van der Waals surface area contributed by atoms with Crippen molar-refractivity contribution < 1.29 is 26.4 Å². The van der Waals surface area contributed by atoms with Crippen molar-refractivity contribution in [3.8, 4) is 0 Å². The first-order valence-electron chi connectivity index (χ1n) is 10.4. The van der Waals surface area contributed by atoms with Crippen LogP contribution in [-0.4, -0.2) is 24.4 Å². The lowest BCUT2D eigenvalue weighted by molar-refractivity contribution is -0.141. The number of urea groups is 1. The van der Waals surface area contributed by atoms with Gasteiger partial charge in [-0.25, -0.2) is 23.8 Å². The normalized spacial score (nSPS) is 12.2. The van der Waals surface area contributed by atoms with Gasteiger partial charge in [-0.1, -0.05) is 69.3 Å². The number of rotatable bonds is 6. The number of carbonyl (C=O) groups excluding carboxylic acids is 1. The highest BCUT2D eigenvalue weighted by atomic mass is 32.2. The summed E-state index contributed by atoms with van der Waals surface area (Å²) in [6.45, 7) is 4.84. The second-order valence-corrected chi connectivity index (χ2v) is 10.2. The molecule has 3 aromatic rings. The second-order valence-electron chi connectivity index (χ2n) is 8.60. The fourth-order valence-corrected chi connectivity index (χ4v) is 4.10. The molecule has 0 saturated heterocycles. The number of carbonyl (C=O) groups is 1. The Bertz CT molecular complexity index is 1250. The van der Waals surface area contributed by atoms with Crippen molar-refractivity contribution in [3.63, 3.8) is 0 Å². The Labute approximate surface area is 201 Å². The number of nitrogens with one attached hydrogen (secondary N) is 2. The summed E-state index contributed by atoms with van der Waals surface area (Å²) in [4.78, 5) is 19.9. The molecule has 35 heavy (non-hydrogen) atoms. The van der Waals surface area contributed by atoms with Crippen LogP contribution in [0, 0.1) is 0 Å². The van der Waals surface area contributed by atoms with Crippen LogP contribution in [0.1, 0.15) is 37.7 Å². The van der Waals surface area contributed by atoms with E-state index in [2.05, 4.69) is 9.97 Å². The minimum absolute atomic E-state index is 0.0213. The Balaban J connectivity index is 1.88. The average molecular weight is 508 g/mol. The highest BCUT2D eigenvalue weighted by molar-refractivity contribution is 7.91. The maximum absolute atomic E-state index is 13.3. The molecular formula is C23H24F3N5O3S. The van der Waals surface area contributed by atoms with Gasteiger partial charge in [-0.2, -0.15) is 21.6 Å². The van der Waals surface area contributed by atoms with Crippen molar-refractivity contribution in [3.05, 3.63) is 83.7 Å². The predicted molar refractivity (Wildman–Crippen MR) is 126 cm³/mol. The van der Waals surface area contributed by atoms with Crippen LogP contribution in [0.3, 0.4) is 0 Å². The van der Waals surface area contributed by atoms with Gasteiger partial charge in [0.2, 0.25) is 5.95 Å². The summed E-state index contributed by atoms with van der Waals surface area (Å²) in [5.41, 5.74) is -1.10. The van der Waals surface area contributed by atoms with Crippen LogP contribution in [0.25, 0.3) is 0 Å². The minimum Gasteiger partial charge on any atom is -0.275 e. The molecule has 1 aromatic heterocycles. The summed E-state index contributed by atoms with van der Waals surface area (Å²) >= 11 is 0. The largest absolute Gasteiger partial charge is 0.433 e. The lowest BCUT2D eigenvalue weighted by atomic mass is 9.91. The molecule has 186 valence electrons. The maximum atomic E-state index is 13.3. The Morgan fingerprint density at radius 2 is 1.46 bits per heavy atom. The fraction of sp³-hybridized carbons (Fsp3) is 0.261. The summed E-state index contributed by atoms with van der Waals surface area (Å²) in [5, 5.41) is 2.02. The number of benzene rings is 2. The van der Waals surface area contributed by atoms with E-state index in [1.165, 1.54) is 0 Å². The van der Waals surface area contributed by atoms with Gasteiger partial charge in [0.1, 0.15) is 5.69 Å². The van der Waals surface area contributed by atoms with Crippen molar-refractivity contribution in [2.75, 3.05) is 9.62 Å². The van der Waals surface area contributed by atoms with Gasteiger partial charge in [0, 0.05) is 5.41 Å². The van der Waals surface area contributed by atoms with E-state index >= 15 is 0 Å². The molecule has 0 aliphatic rings. The van der Waals surface area contributed by atoms with Crippen LogP contribution in [0.5, 0.6) is 0 Å². The van der Waals surface area contributed by atoms with Crippen LogP contribution in [0.2, 0.25) is 0 Å². The van der Waals surface area contributed by atoms with Crippen molar-refractivity contribution in [1.82, 2.24) is 14.7 Å². The van der Waals surface area contributed by atoms with Gasteiger partial charge in [-0.3, -0.25) is 5.32 Å². The number of amides is 2. The van der Waals surface area contributed by atoms with Gasteiger partial charge in [0.05, 0.1) is 17.9 Å². The molecular weight excluding hydrogens is 483 g/mol. The molecule has 0 aliphatic carbocycles. The topological polar surface area (TPSA) is 104 Å². The summed E-state index contributed by atoms with van der Waals surface area (Å²) in [5.74, 6) is -0.674. The van der Waals surface area contributed by atoms with Crippen LogP contribution in [-0.2, 0) is 28.3 Å². The third-order valence-corrected chi connectivity index (χ3v) is 6.10. The van der Waals surface area contributed by atoms with E-state index in [0.29, 0.717) is 5.56 Å². The van der Waals surface area contributed by atoms with Crippen molar-refractivity contribution in [2.45, 2.75) is 38.9 Å². The third-order valence-electron chi connectivity index (χ3n) is 4.74. The van der Waals surface area contributed by atoms with Crippen LogP contribution in [0.4, 0.5) is 29.6 Å². The number of hydrogen-bond acceptors (Lipinski definition) is 5. The number of nitrogens with zero attached hydrogens (tertiary/aromatic N) is 3. The number of halogens is 3. The molecule has 0 atom stereocenters. The van der Waals surface area contributed by atoms with Crippen molar-refractivity contribution in [1.29, 1.82) is 0 Å². The molecule has 8 nitrogen and oxygen atoms in total. The van der Waals surface area contributed by atoms with E-state index in [1.807, 2.05) is 10.0 Å². The number of para-hydroxylation sites is 1. The Hall–Kier alpha value is -3.67. The molecule has 0 bridgehead atoms. The smallest absolute Gasteiger partial charge is 0.275 e. The zero-order chi connectivity index (χ0) is 25.9. The van der Waals surface area contributed by atoms with E-state index in [1.54, 1.807) is 81.4 Å². The highest BCUT2D eigenvalue weighted by Crippen LogP contribution is 2.31. The highest BCUT2D eigenvalue weighted by Gasteiger charge is 2.35. The van der Waals surface area contributed by atoms with Gasteiger partial charge in [-0.15, -0.1) is 0 Å². The van der Waals surface area contributed by atoms with Gasteiger partial charge in [0.25, 0.3) is 0 Å². The van der Waals surface area contributed by atoms with Gasteiger partial charge in [0.15, 0.2) is 0 Å². The molecule has 0 aliphatic heterocycles. The Kier molecular flexibility index (Phi) is 7.34. The van der Waals surface area contributed by atoms with Crippen molar-refractivity contribution in [2.24, 2.45) is 0 Å². The molecule has 0 unspecified atom stereocenters. The quantitative estimate of drug-likeness (QED) is 0.496. The molecule has 2 aromatic carbocycles. The Morgan fingerprint density at radius 1 is 0.914 bits per heavy atom. The van der Waals surface area contributed by atoms with E-state index in [4.69, 9.17) is 0 Å². The minimum atomic E-state index is -4.79. The molecule has 3 rings (SSSR count). The first-order chi connectivity index (χ1) is 16.3. The fourth-order valence-electron chi connectivity index (χ4n) is 2.99. The number of alkyl halides is 3. The molecule has 2 N–H and O–H groups in total. The molecule has 0 saturated carbocycles. The summed E-state index contributed by atoms with van der Waals surface area (Å²) in [6, 6.07) is 16.2. The van der Waals surface area contributed by atoms with Crippen LogP contribution >= 0.6 is 0 Å². The SMILES string of the molecule is CC(C)(C)c1cc(C(F)(F)F)nc(NC(=O)NS(=O)(=O)N(Cc2ccccc2)c2ccccc2)n1. The zero-order valence-electron chi connectivity index (χ0n) is 19.2. The van der Waals surface area contributed by atoms with E-state index < -0.39 is 39.5 Å². The lowest BCUT2D eigenvalue weighted by Crippen LogP contribution is -2.45. The standard InChI is InChI=1S/C23H24F3N5O3S/c1-22(2,3)18-14-19(23(24,25)26)28-20(27-18)29-21(32)30-35(33,34)31(17-12-8-5-9-13-17)15-16-10-6-4-7-11-16/h4-14H,15H2,1-3H3,(H2,27,28,29,30,32). The summed E-state index contributed by atoms with van der Waals surface area (Å²) in [7, 11) is -4.48. The molecule has 12 heteroatoms. The van der Waals surface area contributed by atoms with E-state index in [9.17, 15) is 26.4 Å². The van der Waals surface area contributed by atoms with Crippen LogP contribution < -0.4 is 14.3 Å². The number of hydrogen-bond donors (Lipinski definition) is 2. The van der Waals surface area contributed by atoms with E-state index in [-0.39, 0.29) is 17.9 Å².